The zero-order valence-corrected chi connectivity index (χ0v) is 33.0. The van der Waals surface area contributed by atoms with E-state index in [1.165, 1.54) is 77.4 Å². The van der Waals surface area contributed by atoms with Crippen LogP contribution >= 0.6 is 0 Å². The van der Waals surface area contributed by atoms with E-state index < -0.39 is 8.07 Å². The van der Waals surface area contributed by atoms with E-state index in [0.29, 0.717) is 5.41 Å². The normalized spacial score (nSPS) is 26.7. The SMILES string of the molecule is CC1=C2c3c(ccn3-c3ccccc3)C1[Si]2(C)C.Cc1cc2c(-c3ccc(C45CC6CC(CC(C6)C4)C5)cc3)cccc2[cH-]1.[Cl-].[Cl-].[Zr+3]. The van der Waals surface area contributed by atoms with Crippen molar-refractivity contribution in [1.29, 1.82) is 0 Å². The molecule has 5 aromatic rings. The topological polar surface area (TPSA) is 4.93 Å². The maximum Gasteiger partial charge on any atom is 3.00 e. The minimum absolute atomic E-state index is 0. The number of nitrogens with zero attached hydrogens (tertiary/aromatic N) is 1. The van der Waals surface area contributed by atoms with Gasteiger partial charge in [-0.1, -0.05) is 79.7 Å². The van der Waals surface area contributed by atoms with E-state index in [2.05, 4.69) is 129 Å². The molecule has 1 atom stereocenters. The van der Waals surface area contributed by atoms with Crippen LogP contribution in [0.15, 0.2) is 103 Å². The zero-order valence-electron chi connectivity index (χ0n) is 28.0. The van der Waals surface area contributed by atoms with Crippen LogP contribution in [-0.2, 0) is 31.6 Å². The van der Waals surface area contributed by atoms with Crippen LogP contribution in [0.1, 0.15) is 73.4 Å². The monoisotopic (exact) mass is 750 g/mol. The predicted octanol–water partition coefficient (Wildman–Crippen LogP) is 5.16. The van der Waals surface area contributed by atoms with Gasteiger partial charge in [0.25, 0.3) is 0 Å². The molecule has 7 aliphatic rings. The van der Waals surface area contributed by atoms with Crippen molar-refractivity contribution in [3.63, 3.8) is 0 Å². The van der Waals surface area contributed by atoms with Crippen LogP contribution in [0, 0.1) is 24.7 Å². The summed E-state index contributed by atoms with van der Waals surface area (Å²) in [5.41, 5.74) is 13.1. The van der Waals surface area contributed by atoms with E-state index in [1.54, 1.807) is 21.9 Å². The summed E-state index contributed by atoms with van der Waals surface area (Å²) in [4.78, 5) is 0. The molecule has 4 saturated carbocycles. The molecule has 4 aromatic carbocycles. The second-order valence-electron chi connectivity index (χ2n) is 15.7. The fraction of sp³-hybridized carbons (Fsp3) is 0.357. The quantitative estimate of drug-likeness (QED) is 0.178. The van der Waals surface area contributed by atoms with Crippen molar-refractivity contribution in [1.82, 2.24) is 4.57 Å². The second kappa shape index (κ2) is 12.7. The van der Waals surface area contributed by atoms with Gasteiger partial charge in [-0.2, -0.15) is 6.07 Å². The Morgan fingerprint density at radius 3 is 2.02 bits per heavy atom. The molecule has 5 heteroatoms. The van der Waals surface area contributed by atoms with E-state index in [4.69, 9.17) is 0 Å². The molecular formula is C42H44Cl2NSiZr. The molecule has 1 nitrogen and oxygen atoms in total. The average Bonchev–Trinajstić information content (AvgIpc) is 3.73. The van der Waals surface area contributed by atoms with E-state index in [9.17, 15) is 0 Å². The van der Waals surface area contributed by atoms with Crippen LogP contribution in [0.3, 0.4) is 0 Å². The first-order valence-electron chi connectivity index (χ1n) is 17.1. The number of aryl methyl sites for hydroxylation is 1. The van der Waals surface area contributed by atoms with Gasteiger partial charge in [0, 0.05) is 23.1 Å². The molecule has 1 radical (unpaired) electrons. The van der Waals surface area contributed by atoms with E-state index >= 15 is 0 Å². The van der Waals surface area contributed by atoms with Crippen molar-refractivity contribution in [3.05, 3.63) is 125 Å². The first-order valence-corrected chi connectivity index (χ1v) is 20.1. The molecule has 0 saturated heterocycles. The molecular weight excluding hydrogens is 709 g/mol. The first kappa shape index (κ1) is 34.8. The van der Waals surface area contributed by atoms with Crippen LogP contribution in [0.4, 0.5) is 0 Å². The number of para-hydroxylation sites is 1. The van der Waals surface area contributed by atoms with E-state index in [1.807, 2.05) is 0 Å². The Hall–Kier alpha value is -2.03. The summed E-state index contributed by atoms with van der Waals surface area (Å²) in [6.45, 7) is 9.54. The third-order valence-corrected chi connectivity index (χ3v) is 16.5. The van der Waals surface area contributed by atoms with Gasteiger partial charge in [-0.05, 0) is 109 Å². The summed E-state index contributed by atoms with van der Waals surface area (Å²) in [6, 6.07) is 34.1. The van der Waals surface area contributed by atoms with Crippen LogP contribution in [0.25, 0.3) is 32.8 Å². The third-order valence-electron chi connectivity index (χ3n) is 12.4. The maximum atomic E-state index is 2.51. The molecule has 5 aliphatic carbocycles. The van der Waals surface area contributed by atoms with Gasteiger partial charge in [-0.25, -0.2) is 0 Å². The summed E-state index contributed by atoms with van der Waals surface area (Å²) in [7, 11) is -1.17. The van der Waals surface area contributed by atoms with Crippen molar-refractivity contribution in [2.24, 2.45) is 17.8 Å². The van der Waals surface area contributed by atoms with Crippen molar-refractivity contribution in [2.45, 2.75) is 76.4 Å². The predicted molar refractivity (Wildman–Crippen MR) is 188 cm³/mol. The number of rotatable bonds is 3. The van der Waals surface area contributed by atoms with Crippen molar-refractivity contribution in [3.8, 4) is 16.8 Å². The largest absolute Gasteiger partial charge is 3.00 e. The number of allylic oxidation sites excluding steroid dienone is 1. The molecule has 239 valence electrons. The number of aromatic nitrogens is 1. The van der Waals surface area contributed by atoms with Gasteiger partial charge in [-0.15, -0.1) is 34.5 Å². The fourth-order valence-corrected chi connectivity index (χ4v) is 15.6. The van der Waals surface area contributed by atoms with E-state index in [0.717, 1.165) is 23.3 Å². The Morgan fingerprint density at radius 2 is 1.40 bits per heavy atom. The van der Waals surface area contributed by atoms with Crippen molar-refractivity contribution >= 4 is 24.0 Å². The second-order valence-corrected chi connectivity index (χ2v) is 20.2. The number of hydrogen-bond acceptors (Lipinski definition) is 0. The molecule has 3 heterocycles. The molecule has 47 heavy (non-hydrogen) atoms. The summed E-state index contributed by atoms with van der Waals surface area (Å²) in [6.07, 6.45) is 11.2. The first-order chi connectivity index (χ1) is 21.3. The minimum atomic E-state index is -1.17. The van der Waals surface area contributed by atoms with Gasteiger partial charge < -0.3 is 29.4 Å². The van der Waals surface area contributed by atoms with Crippen LogP contribution < -0.4 is 24.8 Å². The fourth-order valence-electron chi connectivity index (χ4n) is 11.2. The van der Waals surface area contributed by atoms with Gasteiger partial charge in [0.05, 0.1) is 8.07 Å². The zero-order chi connectivity index (χ0) is 29.8. The van der Waals surface area contributed by atoms with Crippen molar-refractivity contribution in [2.75, 3.05) is 0 Å². The van der Waals surface area contributed by atoms with Crippen LogP contribution in [-0.4, -0.2) is 12.6 Å². The van der Waals surface area contributed by atoms with Gasteiger partial charge in [0.2, 0.25) is 0 Å². The third kappa shape index (κ3) is 5.38. The summed E-state index contributed by atoms with van der Waals surface area (Å²) in [5.74, 6) is 3.05. The van der Waals surface area contributed by atoms with Crippen LogP contribution in [0.2, 0.25) is 13.1 Å². The van der Waals surface area contributed by atoms with Gasteiger partial charge in [0.15, 0.2) is 0 Å². The Labute approximate surface area is 313 Å². The minimum Gasteiger partial charge on any atom is -1.00 e. The number of halogens is 2. The molecule has 0 amide bonds. The molecule has 1 aromatic heterocycles. The van der Waals surface area contributed by atoms with Crippen LogP contribution in [0.5, 0.6) is 0 Å². The van der Waals surface area contributed by atoms with Gasteiger partial charge in [0.1, 0.15) is 0 Å². The Bertz CT molecular complexity index is 1910. The Morgan fingerprint density at radius 1 is 0.766 bits per heavy atom. The molecule has 0 N–H and O–H groups in total. The Kier molecular flexibility index (Phi) is 9.40. The molecule has 2 aliphatic heterocycles. The number of fused-ring (bicyclic) bond motifs is 1. The summed E-state index contributed by atoms with van der Waals surface area (Å²) in [5, 5.41) is 4.47. The standard InChI is InChI=1S/C26H27.C16H17NSi.2ClH.Zr/c1-17-9-22-3-2-4-24(25(22)10-17)21-5-7-23(8-6-21)26-14-18-11-19(15-26)13-20(12-18)16-26;1-11-15-13-9-10-17(12-7-5-4-6-8-12)14(13)16(11)18(15,2)3;;;/h2-10,18-20H,11-16H2,1H3;4-10,15H,1-3H3;2*1H;/q-1;;;;+3/p-2. The van der Waals surface area contributed by atoms with E-state index in [-0.39, 0.29) is 51.0 Å². The molecule has 6 bridgehead atoms. The average molecular weight is 753 g/mol. The molecule has 12 rings (SSSR count). The molecule has 0 spiro atoms. The summed E-state index contributed by atoms with van der Waals surface area (Å²) >= 11 is 0. The number of benzene rings is 3. The Balaban J connectivity index is 0.000000163. The molecule has 1 unspecified atom stereocenters. The van der Waals surface area contributed by atoms with Gasteiger partial charge >= 0.3 is 26.2 Å². The smallest absolute Gasteiger partial charge is 1.00 e. The number of hydrogen-bond donors (Lipinski definition) is 0. The van der Waals surface area contributed by atoms with Crippen molar-refractivity contribution < 1.29 is 51.0 Å². The maximum absolute atomic E-state index is 2.51. The summed E-state index contributed by atoms with van der Waals surface area (Å²) < 4.78 is 2.38. The molecule has 4 fully saturated rings. The van der Waals surface area contributed by atoms with Gasteiger partial charge in [-0.3, -0.25) is 0 Å².